The van der Waals surface area contributed by atoms with E-state index < -0.39 is 149 Å². The zero-order chi connectivity index (χ0) is 34.6. The molecule has 46 heavy (non-hydrogen) atoms. The molecule has 0 amide bonds. The molecule has 4 saturated heterocycles. The molecule has 4 aliphatic rings. The van der Waals surface area contributed by atoms with Gasteiger partial charge in [-0.1, -0.05) is 0 Å². The summed E-state index contributed by atoms with van der Waals surface area (Å²) in [5.74, 6) is 0. The van der Waals surface area contributed by atoms with Gasteiger partial charge in [0.25, 0.3) is 0 Å². The number of rotatable bonds is 8. The normalized spacial score (nSPS) is 51.7. The summed E-state index contributed by atoms with van der Waals surface area (Å²) in [6, 6.07) is 0. The van der Waals surface area contributed by atoms with E-state index in [4.69, 9.17) is 38.6 Å². The summed E-state index contributed by atoms with van der Waals surface area (Å²) >= 11 is 0. The van der Waals surface area contributed by atoms with Crippen LogP contribution in [-0.4, -0.2) is 231 Å². The van der Waals surface area contributed by atoms with E-state index in [1.54, 1.807) is 0 Å². The van der Waals surface area contributed by atoms with Crippen molar-refractivity contribution >= 4 is 0 Å². The van der Waals surface area contributed by atoms with Crippen molar-refractivity contribution in [2.75, 3.05) is 26.4 Å². The Morgan fingerprint density at radius 1 is 0.326 bits per heavy atom. The molecule has 0 aromatic rings. The average Bonchev–Trinajstić information content (AvgIpc) is 3.05. The minimum atomic E-state index is -1.74. The summed E-state index contributed by atoms with van der Waals surface area (Å²) in [5, 5.41) is 153. The molecule has 0 aromatic carbocycles. The second-order valence-corrected chi connectivity index (χ2v) is 11.1. The van der Waals surface area contributed by atoms with E-state index in [1.807, 2.05) is 0 Å². The molecule has 4 rings (SSSR count). The average molecular weight is 685 g/mol. The van der Waals surface area contributed by atoms with E-state index >= 15 is 0 Å². The molecule has 4 heterocycles. The molecule has 0 aliphatic carbocycles. The van der Waals surface area contributed by atoms with Gasteiger partial charge in [-0.15, -0.1) is 0 Å². The zero-order valence-electron chi connectivity index (χ0n) is 24.0. The molecule has 0 saturated carbocycles. The maximum absolute atomic E-state index is 9.94. The van der Waals surface area contributed by atoms with E-state index in [1.165, 1.54) is 0 Å². The van der Waals surface area contributed by atoms with Gasteiger partial charge in [-0.3, -0.25) is 0 Å². The van der Waals surface area contributed by atoms with Gasteiger partial charge in [0.05, 0.1) is 26.4 Å². The summed E-state index contributed by atoms with van der Waals surface area (Å²) in [7, 11) is 0. The molecule has 4 unspecified atom stereocenters. The van der Waals surface area contributed by atoms with E-state index in [0.29, 0.717) is 0 Å². The Labute approximate surface area is 260 Å². The number of aliphatic hydroxyl groups excluding tert-OH is 16. The molecule has 4 fully saturated rings. The van der Waals surface area contributed by atoms with Crippen LogP contribution in [0.3, 0.4) is 0 Å². The fraction of sp³-hybridized carbons (Fsp3) is 1.00. The molecule has 0 radical (unpaired) electrons. The predicted molar refractivity (Wildman–Crippen MR) is 137 cm³/mol. The highest BCUT2D eigenvalue weighted by molar-refractivity contribution is 4.95. The molecular formula is C24H44O22. The Hall–Kier alpha value is -0.880. The highest BCUT2D eigenvalue weighted by Gasteiger charge is 2.51. The van der Waals surface area contributed by atoms with Crippen LogP contribution in [0, 0.1) is 0 Å². The summed E-state index contributed by atoms with van der Waals surface area (Å²) in [5.41, 5.74) is 0. The van der Waals surface area contributed by atoms with Gasteiger partial charge in [0.2, 0.25) is 0 Å². The van der Waals surface area contributed by atoms with E-state index in [2.05, 4.69) is 0 Å². The first-order chi connectivity index (χ1) is 21.6. The van der Waals surface area contributed by atoms with Gasteiger partial charge < -0.3 is 110 Å². The molecule has 0 aromatic heterocycles. The first-order valence-electron chi connectivity index (χ1n) is 14.2. The van der Waals surface area contributed by atoms with Crippen LogP contribution in [0.1, 0.15) is 0 Å². The van der Waals surface area contributed by atoms with Crippen LogP contribution in [0.5, 0.6) is 0 Å². The Bertz CT molecular complexity index is 826. The Morgan fingerprint density at radius 3 is 0.913 bits per heavy atom. The molecule has 16 N–H and O–H groups in total. The summed E-state index contributed by atoms with van der Waals surface area (Å²) < 4.78 is 30.5. The van der Waals surface area contributed by atoms with Gasteiger partial charge in [0.1, 0.15) is 97.7 Å². The van der Waals surface area contributed by atoms with Crippen molar-refractivity contribution in [2.24, 2.45) is 0 Å². The van der Waals surface area contributed by atoms with Gasteiger partial charge in [0.15, 0.2) is 25.2 Å². The highest BCUT2D eigenvalue weighted by Crippen LogP contribution is 2.30. The molecule has 22 heteroatoms. The van der Waals surface area contributed by atoms with Gasteiger partial charge >= 0.3 is 0 Å². The minimum absolute atomic E-state index is 0.667. The van der Waals surface area contributed by atoms with Gasteiger partial charge in [-0.25, -0.2) is 0 Å². The van der Waals surface area contributed by atoms with Crippen LogP contribution in [0.25, 0.3) is 0 Å². The number of aliphatic hydroxyl groups is 16. The van der Waals surface area contributed by atoms with E-state index in [0.717, 1.165) is 0 Å². The molecule has 272 valence electrons. The third-order valence-corrected chi connectivity index (χ3v) is 7.96. The van der Waals surface area contributed by atoms with Crippen molar-refractivity contribution in [2.45, 2.75) is 123 Å². The van der Waals surface area contributed by atoms with Gasteiger partial charge in [0, 0.05) is 0 Å². The van der Waals surface area contributed by atoms with Gasteiger partial charge in [-0.05, 0) is 0 Å². The molecule has 4 aliphatic heterocycles. The quantitative estimate of drug-likeness (QED) is 0.113. The van der Waals surface area contributed by atoms with Crippen LogP contribution >= 0.6 is 0 Å². The second-order valence-electron chi connectivity index (χ2n) is 11.1. The standard InChI is InChI=1S/2C12H22O11/c2*13-1-3-5(15)6(16)9(19)12(22-3)23-10-4(2-14)21-11(20)8(18)7(10)17/h2*3-20H,1-2H2/t2*3-,4-,5+,6+,7-,8?,9-,10-,11?,12+/m11/s1. The van der Waals surface area contributed by atoms with Crippen molar-refractivity contribution in [3.63, 3.8) is 0 Å². The van der Waals surface area contributed by atoms with Crippen LogP contribution in [-0.2, 0) is 28.4 Å². The van der Waals surface area contributed by atoms with Crippen molar-refractivity contribution < 1.29 is 110 Å². The van der Waals surface area contributed by atoms with Gasteiger partial charge in [-0.2, -0.15) is 0 Å². The second kappa shape index (κ2) is 17.2. The summed E-state index contributed by atoms with van der Waals surface area (Å²) in [6.07, 6.45) is -31.1. The lowest BCUT2D eigenvalue weighted by Crippen LogP contribution is -2.64. The number of hydrogen-bond donors (Lipinski definition) is 16. The molecule has 20 atom stereocenters. The van der Waals surface area contributed by atoms with Crippen LogP contribution in [0.15, 0.2) is 0 Å². The highest BCUT2D eigenvalue weighted by atomic mass is 16.7. The fourth-order valence-corrected chi connectivity index (χ4v) is 5.14. The fourth-order valence-electron chi connectivity index (χ4n) is 5.14. The summed E-state index contributed by atoms with van der Waals surface area (Å²) in [6.45, 7) is -2.69. The SMILES string of the molecule is OC[C@H]1O[C@@H](O[C@H]2[C@H](O)C(O)C(O)O[C@@H]2CO)[C@H](O)[C@@H](O)[C@H]1O.OC[C@H]1O[C@@H](O[C@H]2[C@H](O)C(O)C(O)O[C@@H]2CO)[C@H](O)[C@@H](O)[C@H]1O. The Morgan fingerprint density at radius 2 is 0.630 bits per heavy atom. The maximum Gasteiger partial charge on any atom is 0.187 e. The Balaban J connectivity index is 0.000000250. The lowest BCUT2D eigenvalue weighted by molar-refractivity contribution is -0.355. The van der Waals surface area contributed by atoms with Crippen molar-refractivity contribution in [1.82, 2.24) is 0 Å². The van der Waals surface area contributed by atoms with Crippen molar-refractivity contribution in [3.05, 3.63) is 0 Å². The van der Waals surface area contributed by atoms with Crippen molar-refractivity contribution in [3.8, 4) is 0 Å². The smallest absolute Gasteiger partial charge is 0.187 e. The van der Waals surface area contributed by atoms with E-state index in [-0.39, 0.29) is 0 Å². The third kappa shape index (κ3) is 8.45. The number of ether oxygens (including phenoxy) is 6. The minimum Gasteiger partial charge on any atom is -0.394 e. The monoisotopic (exact) mass is 684 g/mol. The third-order valence-electron chi connectivity index (χ3n) is 7.96. The molecule has 0 bridgehead atoms. The Kier molecular flexibility index (Phi) is 14.8. The number of hydrogen-bond acceptors (Lipinski definition) is 22. The van der Waals surface area contributed by atoms with Crippen LogP contribution in [0.2, 0.25) is 0 Å². The van der Waals surface area contributed by atoms with Crippen LogP contribution in [0.4, 0.5) is 0 Å². The maximum atomic E-state index is 9.94. The van der Waals surface area contributed by atoms with Crippen LogP contribution < -0.4 is 0 Å². The largest absolute Gasteiger partial charge is 0.394 e. The topological polar surface area (TPSA) is 379 Å². The lowest BCUT2D eigenvalue weighted by atomic mass is 9.97. The lowest BCUT2D eigenvalue weighted by Gasteiger charge is -2.45. The first-order valence-corrected chi connectivity index (χ1v) is 14.2. The molecular weight excluding hydrogens is 640 g/mol. The molecule has 0 spiro atoms. The molecule has 22 nitrogen and oxygen atoms in total. The first kappa shape index (κ1) is 39.6. The predicted octanol–water partition coefficient (Wildman–Crippen LogP) is -10.8. The zero-order valence-corrected chi connectivity index (χ0v) is 24.0. The summed E-state index contributed by atoms with van der Waals surface area (Å²) in [4.78, 5) is 0. The van der Waals surface area contributed by atoms with E-state index in [9.17, 15) is 71.5 Å². The van der Waals surface area contributed by atoms with Crippen molar-refractivity contribution in [1.29, 1.82) is 0 Å².